The smallest absolute Gasteiger partial charge is 0.0957 e. The third-order valence-corrected chi connectivity index (χ3v) is 2.44. The molecule has 4 nitrogen and oxygen atoms in total. The minimum Gasteiger partial charge on any atom is -0.550 e. The molecule has 0 aliphatic heterocycles. The number of rotatable bonds is 9. The molecule has 0 atom stereocenters. The molecule has 0 bridgehead atoms. The monoisotopic (exact) mass is 216 g/mol. The maximum atomic E-state index is 10.2. The molecule has 15 heavy (non-hydrogen) atoms. The van der Waals surface area contributed by atoms with E-state index in [0.717, 1.165) is 6.54 Å². The zero-order valence-corrected chi connectivity index (χ0v) is 10.2. The molecule has 0 spiro atoms. The predicted molar refractivity (Wildman–Crippen MR) is 58.7 cm³/mol. The molecule has 0 unspecified atom stereocenters. The summed E-state index contributed by atoms with van der Waals surface area (Å²) in [6, 6.07) is 0. The van der Waals surface area contributed by atoms with E-state index in [1.54, 1.807) is 0 Å². The van der Waals surface area contributed by atoms with Gasteiger partial charge in [-0.3, -0.25) is 4.59 Å². The summed E-state index contributed by atoms with van der Waals surface area (Å²) in [5.41, 5.74) is 3.18. The fourth-order valence-electron chi connectivity index (χ4n) is 1.47. The van der Waals surface area contributed by atoms with Gasteiger partial charge in [0.25, 0.3) is 0 Å². The lowest BCUT2D eigenvalue weighted by Gasteiger charge is -2.29. The Morgan fingerprint density at radius 3 is 2.47 bits per heavy atom. The third kappa shape index (κ3) is 9.69. The van der Waals surface area contributed by atoms with Crippen LogP contribution in [-0.2, 0) is 4.79 Å². The highest BCUT2D eigenvalue weighted by molar-refractivity contribution is 5.64. The predicted octanol–water partition coefficient (Wildman–Crippen LogP) is 0.288. The van der Waals surface area contributed by atoms with Crippen LogP contribution in [0, 0.1) is 0 Å². The van der Waals surface area contributed by atoms with Crippen molar-refractivity contribution in [1.29, 1.82) is 0 Å². The molecule has 0 aromatic heterocycles. The molecule has 0 saturated heterocycles. The Morgan fingerprint density at radius 2 is 1.93 bits per heavy atom. The number of hydrogen-bond acceptors (Lipinski definition) is 3. The Bertz CT molecular complexity index is 181. The first-order valence-corrected chi connectivity index (χ1v) is 5.76. The van der Waals surface area contributed by atoms with Crippen LogP contribution in [0.5, 0.6) is 0 Å². The van der Waals surface area contributed by atoms with E-state index < -0.39 is 5.97 Å². The summed E-state index contributed by atoms with van der Waals surface area (Å²) in [4.78, 5) is 10.2. The number of unbranched alkanes of at least 4 members (excludes halogenated alkanes) is 3. The van der Waals surface area contributed by atoms with Crippen molar-refractivity contribution in [2.75, 3.05) is 27.2 Å². The number of nitrogens with zero attached hydrogens (tertiary/aromatic N) is 1. The molecule has 0 amide bonds. The van der Waals surface area contributed by atoms with Crippen LogP contribution in [0.15, 0.2) is 0 Å². The first-order valence-electron chi connectivity index (χ1n) is 5.76. The summed E-state index contributed by atoms with van der Waals surface area (Å²) in [5.74, 6) is -0.992. The van der Waals surface area contributed by atoms with Crippen LogP contribution >= 0.6 is 0 Å². The maximum absolute atomic E-state index is 10.2. The minimum atomic E-state index is -0.992. The van der Waals surface area contributed by atoms with Gasteiger partial charge in [-0.1, -0.05) is 19.8 Å². The highest BCUT2D eigenvalue weighted by Gasteiger charge is 2.13. The van der Waals surface area contributed by atoms with Gasteiger partial charge in [-0.25, -0.2) is 0 Å². The van der Waals surface area contributed by atoms with Gasteiger partial charge in [-0.15, -0.1) is 0 Å². The molecule has 4 heteroatoms. The Morgan fingerprint density at radius 1 is 1.27 bits per heavy atom. The lowest BCUT2D eigenvalue weighted by Crippen LogP contribution is -2.53. The Balaban J connectivity index is 3.53. The lowest BCUT2D eigenvalue weighted by molar-refractivity contribution is -0.934. The molecule has 0 fully saturated rings. The molecular weight excluding hydrogens is 192 g/mol. The van der Waals surface area contributed by atoms with Crippen molar-refractivity contribution in [1.82, 2.24) is 5.43 Å². The van der Waals surface area contributed by atoms with Gasteiger partial charge in [0, 0.05) is 18.9 Å². The van der Waals surface area contributed by atoms with E-state index in [0.29, 0.717) is 11.1 Å². The molecule has 0 aliphatic rings. The van der Waals surface area contributed by atoms with Crippen LogP contribution in [0.2, 0.25) is 0 Å². The summed E-state index contributed by atoms with van der Waals surface area (Å²) in [7, 11) is 4.11. The minimum absolute atomic E-state index is 0.0800. The number of quaternary nitrogens is 1. The van der Waals surface area contributed by atoms with E-state index in [9.17, 15) is 9.90 Å². The normalized spacial score (nSPS) is 11.7. The average molecular weight is 216 g/mol. The van der Waals surface area contributed by atoms with Gasteiger partial charge in [-0.05, 0) is 12.8 Å². The third-order valence-electron chi connectivity index (χ3n) is 2.44. The highest BCUT2D eigenvalue weighted by Crippen LogP contribution is 2.02. The average Bonchev–Trinajstić information content (AvgIpc) is 2.11. The summed E-state index contributed by atoms with van der Waals surface area (Å²) in [6.07, 6.45) is 5.03. The van der Waals surface area contributed by atoms with E-state index in [4.69, 9.17) is 0 Å². The number of carbonyl (C=O) groups excluding carboxylic acids is 1. The molecular formula is C11H24N2O2. The Labute approximate surface area is 92.8 Å². The molecule has 90 valence electrons. The van der Waals surface area contributed by atoms with Gasteiger partial charge >= 0.3 is 0 Å². The molecule has 0 aliphatic carbocycles. The van der Waals surface area contributed by atoms with Crippen LogP contribution in [-0.4, -0.2) is 37.7 Å². The van der Waals surface area contributed by atoms with Gasteiger partial charge < -0.3 is 9.90 Å². The number of hydrogen-bond donors (Lipinski definition) is 1. The van der Waals surface area contributed by atoms with Gasteiger partial charge in [0.2, 0.25) is 0 Å². The summed E-state index contributed by atoms with van der Waals surface area (Å²) < 4.78 is 0.678. The molecule has 0 aromatic rings. The quantitative estimate of drug-likeness (QED) is 0.342. The second kappa shape index (κ2) is 7.65. The number of carbonyl (C=O) groups is 1. The first-order chi connectivity index (χ1) is 6.98. The molecule has 0 rings (SSSR count). The zero-order chi connectivity index (χ0) is 11.7. The van der Waals surface area contributed by atoms with Crippen LogP contribution in [0.3, 0.4) is 0 Å². The zero-order valence-electron chi connectivity index (χ0n) is 10.2. The van der Waals surface area contributed by atoms with Gasteiger partial charge in [0.05, 0.1) is 20.6 Å². The molecule has 0 aromatic carbocycles. The van der Waals surface area contributed by atoms with Gasteiger partial charge in [-0.2, -0.15) is 5.43 Å². The Hall–Kier alpha value is -0.610. The number of carboxylic acid groups (broad SMARTS) is 1. The van der Waals surface area contributed by atoms with E-state index in [-0.39, 0.29) is 6.42 Å². The maximum Gasteiger partial charge on any atom is 0.0957 e. The number of carboxylic acids is 1. The van der Waals surface area contributed by atoms with Crippen LogP contribution in [0.1, 0.15) is 39.0 Å². The number of aliphatic carboxylic acids is 1. The largest absolute Gasteiger partial charge is 0.550 e. The topological polar surface area (TPSA) is 52.2 Å². The van der Waals surface area contributed by atoms with E-state index in [2.05, 4.69) is 26.4 Å². The summed E-state index contributed by atoms with van der Waals surface area (Å²) >= 11 is 0. The standard InChI is InChI=1S/C11H24N2O2/c1-4-5-6-7-10-13(2,3)12-9-8-11(14)15/h12H,4-10H2,1-3H3. The van der Waals surface area contributed by atoms with Crippen molar-refractivity contribution in [3.8, 4) is 0 Å². The van der Waals surface area contributed by atoms with Gasteiger partial charge in [0.15, 0.2) is 0 Å². The van der Waals surface area contributed by atoms with Crippen LogP contribution in [0.4, 0.5) is 0 Å². The van der Waals surface area contributed by atoms with Crippen molar-refractivity contribution in [2.45, 2.75) is 39.0 Å². The summed E-state index contributed by atoms with van der Waals surface area (Å²) in [6.45, 7) is 3.70. The molecule has 0 heterocycles. The first kappa shape index (κ1) is 14.4. The highest BCUT2D eigenvalue weighted by atomic mass is 16.4. The molecule has 0 radical (unpaired) electrons. The molecule has 0 saturated carbocycles. The van der Waals surface area contributed by atoms with Crippen molar-refractivity contribution in [3.05, 3.63) is 0 Å². The number of nitrogens with one attached hydrogen (secondary N) is 1. The van der Waals surface area contributed by atoms with Crippen LogP contribution in [0.25, 0.3) is 0 Å². The summed E-state index contributed by atoms with van der Waals surface area (Å²) in [5, 5.41) is 10.2. The lowest BCUT2D eigenvalue weighted by atomic mass is 10.2. The SMILES string of the molecule is CCCCCC[N+](C)(C)NCCC(=O)[O-]. The van der Waals surface area contributed by atoms with Crippen molar-refractivity contribution in [2.24, 2.45) is 0 Å². The fourth-order valence-corrected chi connectivity index (χ4v) is 1.47. The van der Waals surface area contributed by atoms with Crippen molar-refractivity contribution >= 4 is 5.97 Å². The fraction of sp³-hybridized carbons (Fsp3) is 0.909. The van der Waals surface area contributed by atoms with Crippen molar-refractivity contribution in [3.63, 3.8) is 0 Å². The van der Waals surface area contributed by atoms with Gasteiger partial charge in [0.1, 0.15) is 0 Å². The van der Waals surface area contributed by atoms with Crippen molar-refractivity contribution < 1.29 is 14.5 Å². The van der Waals surface area contributed by atoms with E-state index in [1.807, 2.05) is 0 Å². The van der Waals surface area contributed by atoms with E-state index in [1.165, 1.54) is 25.7 Å². The van der Waals surface area contributed by atoms with E-state index >= 15 is 0 Å². The molecule has 1 N–H and O–H groups in total. The van der Waals surface area contributed by atoms with Crippen LogP contribution < -0.4 is 10.5 Å². The Kier molecular flexibility index (Phi) is 7.34. The second-order valence-corrected chi connectivity index (χ2v) is 4.50. The second-order valence-electron chi connectivity index (χ2n) is 4.50.